The Bertz CT molecular complexity index is 590. The smallest absolute Gasteiger partial charge is 0.143 e. The molecule has 0 aliphatic heterocycles. The molecule has 0 aliphatic rings. The van der Waals surface area contributed by atoms with Crippen molar-refractivity contribution in [1.82, 2.24) is 10.3 Å². The molecule has 1 unspecified atom stereocenters. The highest BCUT2D eigenvalue weighted by Gasteiger charge is 2.18. The molecule has 1 aromatic heterocycles. The molecule has 0 bridgehead atoms. The van der Waals surface area contributed by atoms with Crippen LogP contribution in [0.5, 0.6) is 0 Å². The van der Waals surface area contributed by atoms with Gasteiger partial charge in [-0.25, -0.2) is 8.78 Å². The summed E-state index contributed by atoms with van der Waals surface area (Å²) in [7, 11) is 0. The Balaban J connectivity index is 2.29. The molecule has 1 aromatic carbocycles. The molecular weight excluding hydrogens is 338 g/mol. The van der Waals surface area contributed by atoms with Crippen molar-refractivity contribution in [2.24, 2.45) is 0 Å². The minimum atomic E-state index is -0.535. The Labute approximate surface area is 131 Å². The predicted molar refractivity (Wildman–Crippen MR) is 83.0 cm³/mol. The molecule has 21 heavy (non-hydrogen) atoms. The van der Waals surface area contributed by atoms with E-state index in [0.29, 0.717) is 0 Å². The Morgan fingerprint density at radius 2 is 1.90 bits per heavy atom. The van der Waals surface area contributed by atoms with Gasteiger partial charge in [-0.2, -0.15) is 0 Å². The summed E-state index contributed by atoms with van der Waals surface area (Å²) in [6, 6.07) is 6.25. The van der Waals surface area contributed by atoms with Gasteiger partial charge in [0.25, 0.3) is 0 Å². The molecule has 0 spiro atoms. The summed E-state index contributed by atoms with van der Waals surface area (Å²) in [6.45, 7) is 2.83. The van der Waals surface area contributed by atoms with E-state index in [2.05, 4.69) is 33.2 Å². The van der Waals surface area contributed by atoms with E-state index in [4.69, 9.17) is 0 Å². The maximum atomic E-state index is 14.1. The zero-order valence-corrected chi connectivity index (χ0v) is 13.3. The first kappa shape index (κ1) is 16.0. The van der Waals surface area contributed by atoms with Gasteiger partial charge in [-0.1, -0.05) is 6.92 Å². The van der Waals surface area contributed by atoms with Crippen LogP contribution in [0.2, 0.25) is 0 Å². The second-order valence-electron chi connectivity index (χ2n) is 4.81. The van der Waals surface area contributed by atoms with Gasteiger partial charge in [0.2, 0.25) is 0 Å². The Hall–Kier alpha value is -1.33. The minimum Gasteiger partial charge on any atom is -0.310 e. The van der Waals surface area contributed by atoms with Gasteiger partial charge in [-0.3, -0.25) is 4.98 Å². The highest BCUT2D eigenvalue weighted by molar-refractivity contribution is 9.10. The number of pyridine rings is 1. The topological polar surface area (TPSA) is 24.9 Å². The van der Waals surface area contributed by atoms with Gasteiger partial charge in [0.15, 0.2) is 0 Å². The summed E-state index contributed by atoms with van der Waals surface area (Å²) in [5.74, 6) is -1.06. The highest BCUT2D eigenvalue weighted by Crippen LogP contribution is 2.26. The molecule has 2 rings (SSSR count). The van der Waals surface area contributed by atoms with Crippen molar-refractivity contribution in [3.8, 4) is 0 Å². The van der Waals surface area contributed by atoms with E-state index in [1.54, 1.807) is 12.4 Å². The molecule has 0 amide bonds. The summed E-state index contributed by atoms with van der Waals surface area (Å²) in [6.07, 6.45) is 4.57. The second kappa shape index (κ2) is 7.61. The van der Waals surface area contributed by atoms with Crippen LogP contribution >= 0.6 is 15.9 Å². The van der Waals surface area contributed by atoms with E-state index in [1.165, 1.54) is 12.1 Å². The molecule has 0 fully saturated rings. The molecule has 1 heterocycles. The average molecular weight is 355 g/mol. The van der Waals surface area contributed by atoms with Gasteiger partial charge in [0.05, 0.1) is 4.47 Å². The SMILES string of the molecule is CCCNC(Cc1c(F)ccc(Br)c1F)c1ccncc1. The number of halogens is 3. The predicted octanol–water partition coefficient (Wildman–Crippen LogP) is 4.41. The number of aromatic nitrogens is 1. The lowest BCUT2D eigenvalue weighted by Crippen LogP contribution is -2.25. The number of benzene rings is 1. The third-order valence-corrected chi connectivity index (χ3v) is 3.91. The fraction of sp³-hybridized carbons (Fsp3) is 0.312. The first-order chi connectivity index (χ1) is 10.1. The Morgan fingerprint density at radius 1 is 1.19 bits per heavy atom. The molecule has 0 radical (unpaired) electrons. The third-order valence-electron chi connectivity index (χ3n) is 3.30. The lowest BCUT2D eigenvalue weighted by Gasteiger charge is -2.20. The number of hydrogen-bond donors (Lipinski definition) is 1. The second-order valence-corrected chi connectivity index (χ2v) is 5.67. The van der Waals surface area contributed by atoms with Crippen molar-refractivity contribution in [3.05, 3.63) is 63.9 Å². The summed E-state index contributed by atoms with van der Waals surface area (Å²) in [5.41, 5.74) is 1.06. The van der Waals surface area contributed by atoms with Gasteiger partial charge in [0.1, 0.15) is 11.6 Å². The standard InChI is InChI=1S/C16H17BrF2N2/c1-2-7-21-15(11-5-8-20-9-6-11)10-12-14(18)4-3-13(17)16(12)19/h3-6,8-9,15,21H,2,7,10H2,1H3. The molecule has 2 nitrogen and oxygen atoms in total. The maximum Gasteiger partial charge on any atom is 0.143 e. The summed E-state index contributed by atoms with van der Waals surface area (Å²) in [5, 5.41) is 3.33. The van der Waals surface area contributed by atoms with Crippen molar-refractivity contribution >= 4 is 15.9 Å². The van der Waals surface area contributed by atoms with Crippen molar-refractivity contribution in [3.63, 3.8) is 0 Å². The monoisotopic (exact) mass is 354 g/mol. The molecular formula is C16H17BrF2N2. The first-order valence-electron chi connectivity index (χ1n) is 6.89. The molecule has 112 valence electrons. The first-order valence-corrected chi connectivity index (χ1v) is 7.68. The van der Waals surface area contributed by atoms with Gasteiger partial charge >= 0.3 is 0 Å². The van der Waals surface area contributed by atoms with E-state index in [9.17, 15) is 8.78 Å². The van der Waals surface area contributed by atoms with E-state index in [0.717, 1.165) is 18.5 Å². The van der Waals surface area contributed by atoms with E-state index in [1.807, 2.05) is 12.1 Å². The van der Waals surface area contributed by atoms with Crippen molar-refractivity contribution in [2.45, 2.75) is 25.8 Å². The van der Waals surface area contributed by atoms with Crippen molar-refractivity contribution < 1.29 is 8.78 Å². The van der Waals surface area contributed by atoms with Crippen LogP contribution in [-0.2, 0) is 6.42 Å². The van der Waals surface area contributed by atoms with Crippen LogP contribution < -0.4 is 5.32 Å². The van der Waals surface area contributed by atoms with E-state index < -0.39 is 11.6 Å². The minimum absolute atomic E-state index is 0.0924. The van der Waals surface area contributed by atoms with Crippen molar-refractivity contribution in [2.75, 3.05) is 6.54 Å². The molecule has 2 aromatic rings. The number of rotatable bonds is 6. The Morgan fingerprint density at radius 3 is 2.57 bits per heavy atom. The molecule has 1 N–H and O–H groups in total. The lowest BCUT2D eigenvalue weighted by molar-refractivity contribution is 0.488. The van der Waals surface area contributed by atoms with Crippen LogP contribution in [0, 0.1) is 11.6 Å². The zero-order valence-electron chi connectivity index (χ0n) is 11.7. The van der Waals surface area contributed by atoms with Gasteiger partial charge in [0, 0.05) is 24.0 Å². The summed E-state index contributed by atoms with van der Waals surface area (Å²) < 4.78 is 28.3. The quantitative estimate of drug-likeness (QED) is 0.777. The zero-order chi connectivity index (χ0) is 15.2. The molecule has 5 heteroatoms. The average Bonchev–Trinajstić information content (AvgIpc) is 2.51. The number of nitrogens with one attached hydrogen (secondary N) is 1. The highest BCUT2D eigenvalue weighted by atomic mass is 79.9. The molecule has 0 aliphatic carbocycles. The largest absolute Gasteiger partial charge is 0.310 e. The van der Waals surface area contributed by atoms with Gasteiger partial charge in [-0.05, 0) is 65.1 Å². The maximum absolute atomic E-state index is 14.1. The fourth-order valence-electron chi connectivity index (χ4n) is 2.18. The van der Waals surface area contributed by atoms with Crippen molar-refractivity contribution in [1.29, 1.82) is 0 Å². The Kier molecular flexibility index (Phi) is 5.82. The van der Waals surface area contributed by atoms with Crippen LogP contribution in [0.1, 0.15) is 30.5 Å². The van der Waals surface area contributed by atoms with Crippen LogP contribution in [-0.4, -0.2) is 11.5 Å². The molecule has 1 atom stereocenters. The molecule has 0 saturated carbocycles. The van der Waals surface area contributed by atoms with Crippen LogP contribution in [0.15, 0.2) is 41.1 Å². The summed E-state index contributed by atoms with van der Waals surface area (Å²) >= 11 is 3.11. The van der Waals surface area contributed by atoms with Crippen LogP contribution in [0.25, 0.3) is 0 Å². The number of nitrogens with zero attached hydrogens (tertiary/aromatic N) is 1. The van der Waals surface area contributed by atoms with E-state index >= 15 is 0 Å². The summed E-state index contributed by atoms with van der Waals surface area (Å²) in [4.78, 5) is 3.98. The molecule has 0 saturated heterocycles. The van der Waals surface area contributed by atoms with Gasteiger partial charge in [-0.15, -0.1) is 0 Å². The normalized spacial score (nSPS) is 12.4. The number of hydrogen-bond acceptors (Lipinski definition) is 2. The fourth-order valence-corrected chi connectivity index (χ4v) is 2.55. The third kappa shape index (κ3) is 4.08. The van der Waals surface area contributed by atoms with Crippen LogP contribution in [0.4, 0.5) is 8.78 Å². The van der Waals surface area contributed by atoms with E-state index in [-0.39, 0.29) is 22.5 Å². The lowest BCUT2D eigenvalue weighted by atomic mass is 9.98. The van der Waals surface area contributed by atoms with Gasteiger partial charge < -0.3 is 5.32 Å². The van der Waals surface area contributed by atoms with Crippen LogP contribution in [0.3, 0.4) is 0 Å².